The highest BCUT2D eigenvalue weighted by atomic mass is 79.9. The summed E-state index contributed by atoms with van der Waals surface area (Å²) in [5.41, 5.74) is 0. The van der Waals surface area contributed by atoms with Crippen LogP contribution in [0.25, 0.3) is 0 Å². The molecule has 5 heteroatoms. The minimum Gasteiger partial charge on any atom is -0.394 e. The summed E-state index contributed by atoms with van der Waals surface area (Å²) in [6.45, 7) is 2.09. The van der Waals surface area contributed by atoms with Crippen molar-refractivity contribution in [1.29, 1.82) is 0 Å². The minimum absolute atomic E-state index is 0.00458. The van der Waals surface area contributed by atoms with E-state index >= 15 is 0 Å². The molecule has 1 aromatic rings. The molecule has 0 saturated carbocycles. The van der Waals surface area contributed by atoms with Gasteiger partial charge in [-0.2, -0.15) is 0 Å². The van der Waals surface area contributed by atoms with E-state index in [1.807, 2.05) is 12.1 Å². The Balaban J connectivity index is 2.24. The third kappa shape index (κ3) is 2.30. The average molecular weight is 273 g/mol. The molecule has 1 aromatic heterocycles. The Morgan fingerprint density at radius 1 is 1.67 bits per heavy atom. The van der Waals surface area contributed by atoms with Gasteiger partial charge < -0.3 is 14.7 Å². The van der Waals surface area contributed by atoms with Crippen LogP contribution in [0.4, 0.5) is 5.82 Å². The monoisotopic (exact) mass is 272 g/mol. The molecule has 0 radical (unpaired) electrons. The first-order chi connectivity index (χ1) is 7.33. The number of aliphatic hydroxyl groups is 1. The largest absolute Gasteiger partial charge is 0.394 e. The molecule has 0 aliphatic carbocycles. The maximum atomic E-state index is 9.25. The van der Waals surface area contributed by atoms with Crippen LogP contribution in [0.5, 0.6) is 0 Å². The Bertz CT molecular complexity index is 335. The van der Waals surface area contributed by atoms with Crippen LogP contribution in [-0.2, 0) is 4.74 Å². The maximum absolute atomic E-state index is 9.25. The average Bonchev–Trinajstić information content (AvgIpc) is 2.30. The lowest BCUT2D eigenvalue weighted by Crippen LogP contribution is -2.48. The molecule has 1 N–H and O–H groups in total. The fourth-order valence-electron chi connectivity index (χ4n) is 1.67. The van der Waals surface area contributed by atoms with Gasteiger partial charge in [0.15, 0.2) is 0 Å². The predicted molar refractivity (Wildman–Crippen MR) is 61.0 cm³/mol. The number of hydrogen-bond donors (Lipinski definition) is 1. The molecule has 1 aliphatic heterocycles. The van der Waals surface area contributed by atoms with Crippen molar-refractivity contribution in [3.63, 3.8) is 0 Å². The molecular formula is C10H13BrN2O2. The summed E-state index contributed by atoms with van der Waals surface area (Å²) < 4.78 is 6.27. The van der Waals surface area contributed by atoms with Crippen LogP contribution in [0.15, 0.2) is 22.8 Å². The number of rotatable bonds is 2. The van der Waals surface area contributed by atoms with Gasteiger partial charge in [-0.3, -0.25) is 0 Å². The second-order valence-corrected chi connectivity index (χ2v) is 4.27. The van der Waals surface area contributed by atoms with Gasteiger partial charge in [-0.1, -0.05) is 0 Å². The Labute approximate surface area is 97.0 Å². The molecule has 1 aliphatic rings. The fourth-order valence-corrected chi connectivity index (χ4v) is 2.16. The quantitative estimate of drug-likeness (QED) is 0.874. The van der Waals surface area contributed by atoms with Gasteiger partial charge in [0.05, 0.1) is 30.3 Å². The van der Waals surface area contributed by atoms with Crippen molar-refractivity contribution >= 4 is 21.7 Å². The van der Waals surface area contributed by atoms with Crippen LogP contribution in [0.2, 0.25) is 0 Å². The number of ether oxygens (including phenoxy) is 1. The molecule has 82 valence electrons. The molecule has 1 fully saturated rings. The van der Waals surface area contributed by atoms with E-state index < -0.39 is 0 Å². The lowest BCUT2D eigenvalue weighted by atomic mass is 10.2. The summed E-state index contributed by atoms with van der Waals surface area (Å²) in [4.78, 5) is 6.39. The van der Waals surface area contributed by atoms with Crippen molar-refractivity contribution in [2.75, 3.05) is 31.3 Å². The van der Waals surface area contributed by atoms with E-state index in [-0.39, 0.29) is 12.6 Å². The summed E-state index contributed by atoms with van der Waals surface area (Å²) >= 11 is 3.46. The molecule has 1 saturated heterocycles. The van der Waals surface area contributed by atoms with Gasteiger partial charge in [0.1, 0.15) is 5.82 Å². The van der Waals surface area contributed by atoms with E-state index in [0.29, 0.717) is 13.2 Å². The highest BCUT2D eigenvalue weighted by Gasteiger charge is 2.24. The first-order valence-electron chi connectivity index (χ1n) is 4.88. The molecule has 2 rings (SSSR count). The number of morpholine rings is 1. The van der Waals surface area contributed by atoms with Gasteiger partial charge in [0.25, 0.3) is 0 Å². The van der Waals surface area contributed by atoms with Crippen LogP contribution in [0, 0.1) is 0 Å². The van der Waals surface area contributed by atoms with Crippen LogP contribution < -0.4 is 4.90 Å². The molecule has 0 amide bonds. The first-order valence-corrected chi connectivity index (χ1v) is 5.68. The number of pyridine rings is 1. The van der Waals surface area contributed by atoms with Gasteiger partial charge in [-0.15, -0.1) is 0 Å². The van der Waals surface area contributed by atoms with E-state index in [9.17, 15) is 5.11 Å². The molecule has 15 heavy (non-hydrogen) atoms. The SMILES string of the molecule is OCC1COCCN1c1ncccc1Br. The Kier molecular flexibility index (Phi) is 3.56. The molecular weight excluding hydrogens is 260 g/mol. The van der Waals surface area contributed by atoms with Crippen molar-refractivity contribution in [2.45, 2.75) is 6.04 Å². The third-order valence-corrected chi connectivity index (χ3v) is 3.07. The Morgan fingerprint density at radius 3 is 3.27 bits per heavy atom. The zero-order valence-electron chi connectivity index (χ0n) is 8.27. The molecule has 0 bridgehead atoms. The van der Waals surface area contributed by atoms with Crippen LogP contribution >= 0.6 is 15.9 Å². The highest BCUT2D eigenvalue weighted by molar-refractivity contribution is 9.10. The topological polar surface area (TPSA) is 45.6 Å². The van der Waals surface area contributed by atoms with Gasteiger partial charge in [0, 0.05) is 12.7 Å². The van der Waals surface area contributed by atoms with Crippen molar-refractivity contribution < 1.29 is 9.84 Å². The summed E-state index contributed by atoms with van der Waals surface area (Å²) in [5, 5.41) is 9.25. The lowest BCUT2D eigenvalue weighted by molar-refractivity contribution is 0.0722. The van der Waals surface area contributed by atoms with Gasteiger partial charge in [-0.25, -0.2) is 4.98 Å². The molecule has 4 nitrogen and oxygen atoms in total. The molecule has 1 atom stereocenters. The van der Waals surface area contributed by atoms with Crippen LogP contribution in [-0.4, -0.2) is 42.5 Å². The van der Waals surface area contributed by atoms with Crippen molar-refractivity contribution in [1.82, 2.24) is 4.98 Å². The lowest BCUT2D eigenvalue weighted by Gasteiger charge is -2.35. The van der Waals surface area contributed by atoms with Crippen LogP contribution in [0.1, 0.15) is 0 Å². The van der Waals surface area contributed by atoms with Crippen molar-refractivity contribution in [2.24, 2.45) is 0 Å². The fraction of sp³-hybridized carbons (Fsp3) is 0.500. The summed E-state index contributed by atoms with van der Waals surface area (Å²) in [6, 6.07) is 3.83. The smallest absolute Gasteiger partial charge is 0.143 e. The molecule has 0 spiro atoms. The van der Waals surface area contributed by atoms with E-state index in [0.717, 1.165) is 16.8 Å². The van der Waals surface area contributed by atoms with Crippen molar-refractivity contribution in [3.8, 4) is 0 Å². The van der Waals surface area contributed by atoms with Gasteiger partial charge in [-0.05, 0) is 28.1 Å². The molecule has 2 heterocycles. The van der Waals surface area contributed by atoms with Gasteiger partial charge in [0.2, 0.25) is 0 Å². The standard InChI is InChI=1S/C10H13BrN2O2/c11-9-2-1-3-12-10(9)13-4-5-15-7-8(13)6-14/h1-3,8,14H,4-7H2. The van der Waals surface area contributed by atoms with Gasteiger partial charge >= 0.3 is 0 Å². The normalized spacial score (nSPS) is 21.7. The minimum atomic E-state index is 0.00458. The van der Waals surface area contributed by atoms with E-state index in [2.05, 4.69) is 25.8 Å². The number of halogens is 1. The first kappa shape index (κ1) is 10.9. The zero-order chi connectivity index (χ0) is 10.7. The predicted octanol–water partition coefficient (Wildman–Crippen LogP) is 1.04. The summed E-state index contributed by atoms with van der Waals surface area (Å²) in [5.74, 6) is 0.875. The number of aromatic nitrogens is 1. The third-order valence-electron chi connectivity index (χ3n) is 2.45. The Hall–Kier alpha value is -0.650. The number of aliphatic hydroxyl groups excluding tert-OH is 1. The highest BCUT2D eigenvalue weighted by Crippen LogP contribution is 2.25. The summed E-state index contributed by atoms with van der Waals surface area (Å²) in [7, 11) is 0. The second-order valence-electron chi connectivity index (χ2n) is 3.41. The van der Waals surface area contributed by atoms with Crippen molar-refractivity contribution in [3.05, 3.63) is 22.8 Å². The maximum Gasteiger partial charge on any atom is 0.143 e. The van der Waals surface area contributed by atoms with Crippen LogP contribution in [0.3, 0.4) is 0 Å². The Morgan fingerprint density at radius 2 is 2.53 bits per heavy atom. The number of anilines is 1. The summed E-state index contributed by atoms with van der Waals surface area (Å²) in [6.07, 6.45) is 1.75. The van der Waals surface area contributed by atoms with E-state index in [1.165, 1.54) is 0 Å². The molecule has 0 aromatic carbocycles. The van der Waals surface area contributed by atoms with E-state index in [1.54, 1.807) is 6.20 Å². The molecule has 1 unspecified atom stereocenters. The zero-order valence-corrected chi connectivity index (χ0v) is 9.85. The van der Waals surface area contributed by atoms with E-state index in [4.69, 9.17) is 4.74 Å². The number of hydrogen-bond acceptors (Lipinski definition) is 4. The number of nitrogens with zero attached hydrogens (tertiary/aromatic N) is 2. The second kappa shape index (κ2) is 4.92.